The van der Waals surface area contributed by atoms with Crippen molar-refractivity contribution in [1.29, 1.82) is 0 Å². The number of rotatable bonds is 3. The van der Waals surface area contributed by atoms with Gasteiger partial charge in [-0.05, 0) is 6.92 Å². The van der Waals surface area contributed by atoms with Crippen molar-refractivity contribution >= 4 is 17.3 Å². The van der Waals surface area contributed by atoms with Gasteiger partial charge in [-0.1, -0.05) is 5.21 Å². The van der Waals surface area contributed by atoms with Crippen LogP contribution < -0.4 is 0 Å². The minimum Gasteiger partial charge on any atom is -0.464 e. The van der Waals surface area contributed by atoms with E-state index >= 15 is 0 Å². The van der Waals surface area contributed by atoms with Crippen LogP contribution in [-0.2, 0) is 11.3 Å². The Morgan fingerprint density at radius 2 is 2.44 bits per heavy atom. The van der Waals surface area contributed by atoms with Gasteiger partial charge in [-0.3, -0.25) is 0 Å². The largest absolute Gasteiger partial charge is 0.464 e. The Balaban J connectivity index is 2.11. The molecule has 0 bridgehead atoms. The molecule has 2 aromatic rings. The van der Waals surface area contributed by atoms with Crippen molar-refractivity contribution in [2.45, 2.75) is 13.5 Å². The number of methoxy groups -OCH3 is 1. The molecule has 7 heteroatoms. The molecule has 0 spiro atoms. The van der Waals surface area contributed by atoms with Gasteiger partial charge in [0.05, 0.1) is 19.9 Å². The number of carbonyl (C=O) groups is 1. The Morgan fingerprint density at radius 3 is 3.06 bits per heavy atom. The molecule has 0 saturated heterocycles. The molecule has 2 aromatic heterocycles. The molecule has 0 N–H and O–H groups in total. The summed E-state index contributed by atoms with van der Waals surface area (Å²) >= 11 is 1.55. The number of ether oxygens (including phenoxy) is 1. The number of thiazole rings is 1. The summed E-state index contributed by atoms with van der Waals surface area (Å²) in [5.74, 6) is -0.485. The smallest absolute Gasteiger partial charge is 0.360 e. The lowest BCUT2D eigenvalue weighted by atomic mass is 10.5. The molecule has 0 unspecified atom stereocenters. The molecule has 16 heavy (non-hydrogen) atoms. The summed E-state index contributed by atoms with van der Waals surface area (Å²) in [6, 6.07) is 0. The molecular weight excluding hydrogens is 228 g/mol. The second-order valence-corrected chi connectivity index (χ2v) is 4.12. The van der Waals surface area contributed by atoms with Crippen LogP contribution in [0.5, 0.6) is 0 Å². The Labute approximate surface area is 95.9 Å². The third kappa shape index (κ3) is 2.25. The van der Waals surface area contributed by atoms with Crippen LogP contribution in [0.3, 0.4) is 0 Å². The van der Waals surface area contributed by atoms with Gasteiger partial charge < -0.3 is 4.74 Å². The lowest BCUT2D eigenvalue weighted by Crippen LogP contribution is -2.01. The first-order valence-corrected chi connectivity index (χ1v) is 5.46. The average Bonchev–Trinajstić information content (AvgIpc) is 2.87. The Hall–Kier alpha value is -1.76. The highest BCUT2D eigenvalue weighted by atomic mass is 32.1. The molecule has 0 amide bonds. The van der Waals surface area contributed by atoms with Crippen molar-refractivity contribution in [3.05, 3.63) is 28.0 Å². The lowest BCUT2D eigenvalue weighted by Gasteiger charge is -1.94. The molecule has 2 heterocycles. The molecular formula is C9H10N4O2S. The van der Waals surface area contributed by atoms with E-state index in [4.69, 9.17) is 0 Å². The number of nitrogens with zero attached hydrogens (tertiary/aromatic N) is 4. The van der Waals surface area contributed by atoms with E-state index in [1.54, 1.807) is 22.2 Å². The van der Waals surface area contributed by atoms with Crippen LogP contribution in [-0.4, -0.2) is 33.1 Å². The van der Waals surface area contributed by atoms with Gasteiger partial charge in [-0.25, -0.2) is 14.5 Å². The zero-order valence-electron chi connectivity index (χ0n) is 8.88. The van der Waals surface area contributed by atoms with E-state index in [1.165, 1.54) is 7.11 Å². The number of esters is 1. The molecule has 0 atom stereocenters. The first-order valence-electron chi connectivity index (χ1n) is 4.58. The Morgan fingerprint density at radius 1 is 1.62 bits per heavy atom. The van der Waals surface area contributed by atoms with E-state index in [1.807, 2.05) is 12.3 Å². The van der Waals surface area contributed by atoms with Gasteiger partial charge in [-0.2, -0.15) is 0 Å². The van der Waals surface area contributed by atoms with Crippen LogP contribution in [0.4, 0.5) is 0 Å². The summed E-state index contributed by atoms with van der Waals surface area (Å²) in [4.78, 5) is 15.4. The predicted molar refractivity (Wildman–Crippen MR) is 57.3 cm³/mol. The maximum atomic E-state index is 11.1. The highest BCUT2D eigenvalue weighted by Crippen LogP contribution is 2.10. The maximum absolute atomic E-state index is 11.1. The van der Waals surface area contributed by atoms with Crippen molar-refractivity contribution in [2.75, 3.05) is 7.11 Å². The van der Waals surface area contributed by atoms with Crippen molar-refractivity contribution in [3.63, 3.8) is 0 Å². The molecule has 6 nitrogen and oxygen atoms in total. The molecule has 2 rings (SSSR count). The maximum Gasteiger partial charge on any atom is 0.360 e. The fourth-order valence-electron chi connectivity index (χ4n) is 1.19. The predicted octanol–water partition coefficient (Wildman–Crippen LogP) is 0.878. The standard InChI is InChI=1S/C9H10N4O2S/c1-6-5-16-8(10-6)4-13-3-7(11-12-13)9(14)15-2/h3,5H,4H2,1-2H3. The zero-order chi connectivity index (χ0) is 11.5. The molecule has 84 valence electrons. The third-order valence-corrected chi connectivity index (χ3v) is 2.85. The lowest BCUT2D eigenvalue weighted by molar-refractivity contribution is 0.0594. The van der Waals surface area contributed by atoms with Gasteiger partial charge in [0.15, 0.2) is 5.69 Å². The van der Waals surface area contributed by atoms with Crippen molar-refractivity contribution in [3.8, 4) is 0 Å². The topological polar surface area (TPSA) is 69.9 Å². The van der Waals surface area contributed by atoms with Crippen LogP contribution >= 0.6 is 11.3 Å². The van der Waals surface area contributed by atoms with E-state index in [2.05, 4.69) is 20.0 Å². The number of carbonyl (C=O) groups excluding carboxylic acids is 1. The average molecular weight is 238 g/mol. The van der Waals surface area contributed by atoms with E-state index in [9.17, 15) is 4.79 Å². The number of hydrogen-bond donors (Lipinski definition) is 0. The minimum absolute atomic E-state index is 0.204. The van der Waals surface area contributed by atoms with Crippen LogP contribution in [0, 0.1) is 6.92 Å². The van der Waals surface area contributed by atoms with Gasteiger partial charge in [-0.15, -0.1) is 16.4 Å². The normalized spacial score (nSPS) is 10.4. The van der Waals surface area contributed by atoms with Crippen molar-refractivity contribution < 1.29 is 9.53 Å². The summed E-state index contributed by atoms with van der Waals surface area (Å²) in [7, 11) is 1.31. The quantitative estimate of drug-likeness (QED) is 0.742. The van der Waals surface area contributed by atoms with Gasteiger partial charge in [0.2, 0.25) is 0 Å². The van der Waals surface area contributed by atoms with Crippen molar-refractivity contribution in [1.82, 2.24) is 20.0 Å². The summed E-state index contributed by atoms with van der Waals surface area (Å²) < 4.78 is 6.10. The third-order valence-electron chi connectivity index (χ3n) is 1.90. The van der Waals surface area contributed by atoms with Crippen LogP contribution in [0.25, 0.3) is 0 Å². The number of aromatic nitrogens is 4. The minimum atomic E-state index is -0.485. The molecule has 0 aliphatic heterocycles. The fourth-order valence-corrected chi connectivity index (χ4v) is 1.95. The van der Waals surface area contributed by atoms with Gasteiger partial charge in [0, 0.05) is 11.1 Å². The van der Waals surface area contributed by atoms with E-state index < -0.39 is 5.97 Å². The van der Waals surface area contributed by atoms with Gasteiger partial charge >= 0.3 is 5.97 Å². The first-order chi connectivity index (χ1) is 7.69. The van der Waals surface area contributed by atoms with Crippen LogP contribution in [0.2, 0.25) is 0 Å². The molecule has 0 aliphatic rings. The molecule has 0 aromatic carbocycles. The highest BCUT2D eigenvalue weighted by Gasteiger charge is 2.11. The summed E-state index contributed by atoms with van der Waals surface area (Å²) in [6.07, 6.45) is 1.54. The highest BCUT2D eigenvalue weighted by molar-refractivity contribution is 7.09. The van der Waals surface area contributed by atoms with Gasteiger partial charge in [0.25, 0.3) is 0 Å². The van der Waals surface area contributed by atoms with E-state index in [-0.39, 0.29) is 5.69 Å². The summed E-state index contributed by atoms with van der Waals surface area (Å²) in [5.41, 5.74) is 1.18. The number of hydrogen-bond acceptors (Lipinski definition) is 6. The molecule has 0 saturated carbocycles. The van der Waals surface area contributed by atoms with E-state index in [0.717, 1.165) is 10.7 Å². The van der Waals surface area contributed by atoms with Crippen LogP contribution in [0.15, 0.2) is 11.6 Å². The van der Waals surface area contributed by atoms with Crippen molar-refractivity contribution in [2.24, 2.45) is 0 Å². The number of aryl methyl sites for hydroxylation is 1. The summed E-state index contributed by atoms with van der Waals surface area (Å²) in [5, 5.41) is 10.4. The zero-order valence-corrected chi connectivity index (χ0v) is 9.69. The second kappa shape index (κ2) is 4.40. The Bertz CT molecular complexity index is 505. The van der Waals surface area contributed by atoms with E-state index in [0.29, 0.717) is 6.54 Å². The molecule has 0 fully saturated rings. The monoisotopic (exact) mass is 238 g/mol. The molecule has 0 radical (unpaired) electrons. The van der Waals surface area contributed by atoms with Gasteiger partial charge in [0.1, 0.15) is 5.01 Å². The SMILES string of the molecule is COC(=O)c1cn(Cc2nc(C)cs2)nn1. The second-order valence-electron chi connectivity index (χ2n) is 3.18. The Kier molecular flexibility index (Phi) is 2.95. The van der Waals surface area contributed by atoms with Crippen LogP contribution in [0.1, 0.15) is 21.2 Å². The summed E-state index contributed by atoms with van der Waals surface area (Å²) in [6.45, 7) is 2.45. The molecule has 0 aliphatic carbocycles. The fraction of sp³-hybridized carbons (Fsp3) is 0.333. The first kappa shape index (κ1) is 10.7.